The van der Waals surface area contributed by atoms with Crippen LogP contribution in [0.5, 0.6) is 0 Å². The summed E-state index contributed by atoms with van der Waals surface area (Å²) in [4.78, 5) is 4.80. The second-order valence-corrected chi connectivity index (χ2v) is 5.44. The van der Waals surface area contributed by atoms with Crippen LogP contribution in [0.1, 0.15) is 25.6 Å². The Labute approximate surface area is 112 Å². The van der Waals surface area contributed by atoms with Crippen molar-refractivity contribution in [3.05, 3.63) is 29.0 Å². The number of aromatic nitrogens is 2. The fraction of sp³-hybridized carbons (Fsp3) is 0.500. The molecule has 18 heavy (non-hydrogen) atoms. The predicted molar refractivity (Wildman–Crippen MR) is 75.2 cm³/mol. The van der Waals surface area contributed by atoms with Crippen LogP contribution in [0.2, 0.25) is 5.02 Å². The normalized spacial score (nSPS) is 17.9. The lowest BCUT2D eigenvalue weighted by molar-refractivity contribution is 0.292. The summed E-state index contributed by atoms with van der Waals surface area (Å²) in [6, 6.07) is 5.96. The Balaban J connectivity index is 2.13. The molecule has 0 amide bonds. The largest absolute Gasteiger partial charge is 0.327 e. The van der Waals surface area contributed by atoms with Crippen LogP contribution in [0.25, 0.3) is 11.0 Å². The average Bonchev–Trinajstić information content (AvgIpc) is 2.66. The topological polar surface area (TPSA) is 29.9 Å². The third-order valence-electron chi connectivity index (χ3n) is 3.99. The van der Waals surface area contributed by atoms with Gasteiger partial charge in [0.25, 0.3) is 0 Å². The Kier molecular flexibility index (Phi) is 3.04. The van der Waals surface area contributed by atoms with Gasteiger partial charge >= 0.3 is 0 Å². The van der Waals surface area contributed by atoms with Gasteiger partial charge in [0, 0.05) is 12.5 Å². The van der Waals surface area contributed by atoms with E-state index < -0.39 is 0 Å². The number of aryl methyl sites for hydroxylation is 1. The van der Waals surface area contributed by atoms with Gasteiger partial charge in [-0.15, -0.1) is 0 Å². The molecule has 0 radical (unpaired) electrons. The summed E-state index contributed by atoms with van der Waals surface area (Å²) < 4.78 is 2.26. The Morgan fingerprint density at radius 3 is 2.89 bits per heavy atom. The van der Waals surface area contributed by atoms with E-state index in [-0.39, 0.29) is 0 Å². The zero-order chi connectivity index (χ0) is 12.7. The number of rotatable bonds is 3. The van der Waals surface area contributed by atoms with Gasteiger partial charge in [0.15, 0.2) is 0 Å². The highest BCUT2D eigenvalue weighted by molar-refractivity contribution is 6.35. The lowest BCUT2D eigenvalue weighted by Crippen LogP contribution is -2.45. The van der Waals surface area contributed by atoms with E-state index >= 15 is 0 Å². The predicted octanol–water partition coefficient (Wildman–Crippen LogP) is 3.03. The minimum Gasteiger partial charge on any atom is -0.327 e. The molecule has 0 spiro atoms. The first-order valence-corrected chi connectivity index (χ1v) is 6.95. The molecule has 96 valence electrons. The molecule has 3 rings (SSSR count). The number of fused-ring (bicyclic) bond motifs is 1. The number of hydrogen-bond donors (Lipinski definition) is 1. The van der Waals surface area contributed by atoms with Gasteiger partial charge in [-0.2, -0.15) is 0 Å². The molecular formula is C14H18ClN3. The molecule has 0 bridgehead atoms. The van der Waals surface area contributed by atoms with Crippen molar-refractivity contribution < 1.29 is 0 Å². The van der Waals surface area contributed by atoms with E-state index in [0.29, 0.717) is 11.8 Å². The number of halogens is 1. The molecule has 1 fully saturated rings. The van der Waals surface area contributed by atoms with Crippen LogP contribution in [-0.4, -0.2) is 22.6 Å². The van der Waals surface area contributed by atoms with Crippen LogP contribution in [-0.2, 0) is 6.54 Å². The van der Waals surface area contributed by atoms with Crippen molar-refractivity contribution in [2.75, 3.05) is 13.1 Å². The van der Waals surface area contributed by atoms with Gasteiger partial charge in [-0.1, -0.05) is 24.6 Å². The van der Waals surface area contributed by atoms with E-state index in [1.165, 1.54) is 5.82 Å². The molecule has 0 aliphatic carbocycles. The van der Waals surface area contributed by atoms with Crippen LogP contribution in [0.4, 0.5) is 0 Å². The molecule has 1 aromatic carbocycles. The van der Waals surface area contributed by atoms with Gasteiger partial charge < -0.3 is 9.88 Å². The summed E-state index contributed by atoms with van der Waals surface area (Å²) in [6.07, 6.45) is 0. The zero-order valence-electron chi connectivity index (χ0n) is 10.8. The summed E-state index contributed by atoms with van der Waals surface area (Å²) in [6.45, 7) is 7.54. The Bertz CT molecular complexity index is 572. The van der Waals surface area contributed by atoms with Gasteiger partial charge in [-0.3, -0.25) is 0 Å². The summed E-state index contributed by atoms with van der Waals surface area (Å²) >= 11 is 6.31. The second-order valence-electron chi connectivity index (χ2n) is 5.03. The lowest BCUT2D eigenvalue weighted by atomic mass is 9.88. The summed E-state index contributed by atoms with van der Waals surface area (Å²) in [7, 11) is 0. The van der Waals surface area contributed by atoms with Gasteiger partial charge in [-0.05, 0) is 38.1 Å². The first-order valence-electron chi connectivity index (χ1n) is 6.57. The third kappa shape index (κ3) is 1.73. The Morgan fingerprint density at radius 2 is 2.28 bits per heavy atom. The highest BCUT2D eigenvalue weighted by atomic mass is 35.5. The maximum Gasteiger partial charge on any atom is 0.113 e. The SMILES string of the molecule is CCn1c(C(C)C2CNC2)nc2cccc(Cl)c21. The number of nitrogens with zero attached hydrogens (tertiary/aromatic N) is 2. The second kappa shape index (κ2) is 4.56. The monoisotopic (exact) mass is 263 g/mol. The van der Waals surface area contributed by atoms with E-state index in [0.717, 1.165) is 35.7 Å². The smallest absolute Gasteiger partial charge is 0.113 e. The number of para-hydroxylation sites is 1. The van der Waals surface area contributed by atoms with Crippen molar-refractivity contribution >= 4 is 22.6 Å². The molecule has 1 aromatic heterocycles. The molecule has 0 saturated carbocycles. The average molecular weight is 264 g/mol. The highest BCUT2D eigenvalue weighted by Crippen LogP contribution is 2.32. The maximum absolute atomic E-state index is 6.31. The van der Waals surface area contributed by atoms with Gasteiger partial charge in [0.1, 0.15) is 5.82 Å². The first kappa shape index (κ1) is 12.0. The molecule has 1 saturated heterocycles. The van der Waals surface area contributed by atoms with E-state index in [9.17, 15) is 0 Å². The van der Waals surface area contributed by atoms with Crippen molar-refractivity contribution in [3.8, 4) is 0 Å². The summed E-state index contributed by atoms with van der Waals surface area (Å²) in [5, 5.41) is 4.13. The van der Waals surface area contributed by atoms with E-state index in [1.807, 2.05) is 18.2 Å². The summed E-state index contributed by atoms with van der Waals surface area (Å²) in [5.74, 6) is 2.35. The molecular weight excluding hydrogens is 246 g/mol. The van der Waals surface area contributed by atoms with Crippen molar-refractivity contribution in [2.24, 2.45) is 5.92 Å². The Morgan fingerprint density at radius 1 is 1.50 bits per heavy atom. The molecule has 1 aliphatic heterocycles. The number of benzene rings is 1. The summed E-state index contributed by atoms with van der Waals surface area (Å²) in [5.41, 5.74) is 2.09. The quantitative estimate of drug-likeness (QED) is 0.923. The minimum atomic E-state index is 0.481. The standard InChI is InChI=1S/C14H18ClN3/c1-3-18-13-11(15)5-4-6-12(13)17-14(18)9(2)10-7-16-8-10/h4-6,9-10,16H,3,7-8H2,1-2H3. The highest BCUT2D eigenvalue weighted by Gasteiger charge is 2.28. The van der Waals surface area contributed by atoms with Crippen LogP contribution >= 0.6 is 11.6 Å². The molecule has 2 aromatic rings. The van der Waals surface area contributed by atoms with Crippen molar-refractivity contribution in [1.29, 1.82) is 0 Å². The molecule has 1 atom stereocenters. The number of imidazole rings is 1. The minimum absolute atomic E-state index is 0.481. The fourth-order valence-corrected chi connectivity index (χ4v) is 2.97. The molecule has 1 unspecified atom stereocenters. The number of nitrogens with one attached hydrogen (secondary N) is 1. The molecule has 1 aliphatic rings. The lowest BCUT2D eigenvalue weighted by Gasteiger charge is -2.32. The zero-order valence-corrected chi connectivity index (χ0v) is 11.5. The molecule has 2 heterocycles. The van der Waals surface area contributed by atoms with E-state index in [1.54, 1.807) is 0 Å². The van der Waals surface area contributed by atoms with Gasteiger partial charge in [0.05, 0.1) is 16.1 Å². The first-order chi connectivity index (χ1) is 8.72. The Hall–Kier alpha value is -1.06. The maximum atomic E-state index is 6.31. The molecule has 4 heteroatoms. The fourth-order valence-electron chi connectivity index (χ4n) is 2.70. The van der Waals surface area contributed by atoms with Crippen LogP contribution in [0.3, 0.4) is 0 Å². The van der Waals surface area contributed by atoms with E-state index in [4.69, 9.17) is 16.6 Å². The van der Waals surface area contributed by atoms with Crippen molar-refractivity contribution in [1.82, 2.24) is 14.9 Å². The van der Waals surface area contributed by atoms with E-state index in [2.05, 4.69) is 23.7 Å². The van der Waals surface area contributed by atoms with Crippen LogP contribution in [0.15, 0.2) is 18.2 Å². The molecule has 1 N–H and O–H groups in total. The van der Waals surface area contributed by atoms with Gasteiger partial charge in [-0.25, -0.2) is 4.98 Å². The third-order valence-corrected chi connectivity index (χ3v) is 4.30. The van der Waals surface area contributed by atoms with Crippen molar-refractivity contribution in [3.63, 3.8) is 0 Å². The van der Waals surface area contributed by atoms with Crippen LogP contribution in [0, 0.1) is 5.92 Å². The molecule has 3 nitrogen and oxygen atoms in total. The van der Waals surface area contributed by atoms with Gasteiger partial charge in [0.2, 0.25) is 0 Å². The van der Waals surface area contributed by atoms with Crippen LogP contribution < -0.4 is 5.32 Å². The van der Waals surface area contributed by atoms with Crippen molar-refractivity contribution in [2.45, 2.75) is 26.3 Å². The number of hydrogen-bond acceptors (Lipinski definition) is 2.